The molecular weight excluding hydrogens is 346 g/mol. The van der Waals surface area contributed by atoms with E-state index in [1.54, 1.807) is 6.07 Å². The number of nitrogens with zero attached hydrogens (tertiary/aromatic N) is 3. The van der Waals surface area contributed by atoms with Crippen molar-refractivity contribution >= 4 is 45.1 Å². The average molecular weight is 359 g/mol. The van der Waals surface area contributed by atoms with Gasteiger partial charge in [-0.2, -0.15) is 15.0 Å². The highest BCUT2D eigenvalue weighted by Crippen LogP contribution is 2.28. The maximum Gasteiger partial charge on any atom is 0.322 e. The Hall–Kier alpha value is -1.60. The summed E-state index contributed by atoms with van der Waals surface area (Å²) in [7, 11) is 1.50. The van der Waals surface area contributed by atoms with Crippen molar-refractivity contribution < 1.29 is 4.74 Å². The first-order valence-corrected chi connectivity index (χ1v) is 7.05. The third-order valence-corrected chi connectivity index (χ3v) is 3.13. The fourth-order valence-electron chi connectivity index (χ4n) is 1.45. The normalized spacial score (nSPS) is 10.2. The zero-order valence-electron chi connectivity index (χ0n) is 10.9. The fraction of sp³-hybridized carbons (Fsp3) is 0.250. The van der Waals surface area contributed by atoms with Crippen LogP contribution in [-0.2, 0) is 0 Å². The minimum atomic E-state index is 0.226. The highest BCUT2D eigenvalue weighted by Gasteiger charge is 2.08. The molecule has 20 heavy (non-hydrogen) atoms. The predicted molar refractivity (Wildman–Crippen MR) is 83.0 cm³/mol. The SMILES string of the molecule is CCNc1nc(Nc2cc(Br)ccc2Cl)nc(OC)n1. The molecule has 0 amide bonds. The molecule has 1 aromatic carbocycles. The molecule has 0 unspecified atom stereocenters. The van der Waals surface area contributed by atoms with E-state index in [1.807, 2.05) is 19.1 Å². The van der Waals surface area contributed by atoms with Crippen LogP contribution in [0.3, 0.4) is 0 Å². The van der Waals surface area contributed by atoms with Crippen molar-refractivity contribution in [1.29, 1.82) is 0 Å². The number of ether oxygens (including phenoxy) is 1. The van der Waals surface area contributed by atoms with Crippen molar-refractivity contribution in [2.75, 3.05) is 24.3 Å². The molecule has 0 atom stereocenters. The summed E-state index contributed by atoms with van der Waals surface area (Å²) < 4.78 is 5.95. The summed E-state index contributed by atoms with van der Waals surface area (Å²) in [5.74, 6) is 0.792. The number of rotatable bonds is 5. The summed E-state index contributed by atoms with van der Waals surface area (Å²) in [4.78, 5) is 12.5. The van der Waals surface area contributed by atoms with Crippen LogP contribution >= 0.6 is 27.5 Å². The van der Waals surface area contributed by atoms with Crippen molar-refractivity contribution in [2.24, 2.45) is 0 Å². The molecule has 0 spiro atoms. The van der Waals surface area contributed by atoms with Gasteiger partial charge < -0.3 is 15.4 Å². The van der Waals surface area contributed by atoms with Crippen molar-refractivity contribution in [2.45, 2.75) is 6.92 Å². The Balaban J connectivity index is 2.32. The van der Waals surface area contributed by atoms with Gasteiger partial charge in [0.25, 0.3) is 0 Å². The Bertz CT molecular complexity index is 610. The minimum absolute atomic E-state index is 0.226. The van der Waals surface area contributed by atoms with Crippen LogP contribution in [0.25, 0.3) is 0 Å². The number of benzene rings is 1. The van der Waals surface area contributed by atoms with Gasteiger partial charge in [0.15, 0.2) is 0 Å². The first kappa shape index (κ1) is 14.8. The molecule has 0 fully saturated rings. The zero-order chi connectivity index (χ0) is 14.5. The fourth-order valence-corrected chi connectivity index (χ4v) is 1.98. The molecule has 2 N–H and O–H groups in total. The summed E-state index contributed by atoms with van der Waals surface area (Å²) >= 11 is 9.51. The zero-order valence-corrected chi connectivity index (χ0v) is 13.3. The topological polar surface area (TPSA) is 72.0 Å². The maximum atomic E-state index is 6.12. The molecule has 0 bridgehead atoms. The summed E-state index contributed by atoms with van der Waals surface area (Å²) in [5, 5.41) is 6.62. The molecule has 0 aliphatic heterocycles. The Kier molecular flexibility index (Phi) is 4.97. The van der Waals surface area contributed by atoms with Gasteiger partial charge in [-0.05, 0) is 25.1 Å². The van der Waals surface area contributed by atoms with Crippen LogP contribution in [0.2, 0.25) is 5.02 Å². The van der Waals surface area contributed by atoms with Crippen LogP contribution in [0.1, 0.15) is 6.92 Å². The molecule has 2 rings (SSSR count). The van der Waals surface area contributed by atoms with Crippen LogP contribution in [0.15, 0.2) is 22.7 Å². The van der Waals surface area contributed by atoms with E-state index in [4.69, 9.17) is 16.3 Å². The molecule has 0 saturated carbocycles. The number of halogens is 2. The molecule has 106 valence electrons. The van der Waals surface area contributed by atoms with Crippen molar-refractivity contribution in [3.63, 3.8) is 0 Å². The lowest BCUT2D eigenvalue weighted by atomic mass is 10.3. The van der Waals surface area contributed by atoms with Crippen LogP contribution in [0.4, 0.5) is 17.6 Å². The highest BCUT2D eigenvalue weighted by molar-refractivity contribution is 9.10. The van der Waals surface area contributed by atoms with Crippen molar-refractivity contribution in [3.05, 3.63) is 27.7 Å². The number of aromatic nitrogens is 3. The summed E-state index contributed by atoms with van der Waals surface area (Å²) in [6.45, 7) is 2.65. The van der Waals surface area contributed by atoms with Gasteiger partial charge >= 0.3 is 6.01 Å². The van der Waals surface area contributed by atoms with Crippen molar-refractivity contribution in [1.82, 2.24) is 15.0 Å². The third kappa shape index (κ3) is 3.71. The third-order valence-electron chi connectivity index (χ3n) is 2.31. The van der Waals surface area contributed by atoms with Gasteiger partial charge in [-0.25, -0.2) is 0 Å². The van der Waals surface area contributed by atoms with E-state index < -0.39 is 0 Å². The van der Waals surface area contributed by atoms with Crippen LogP contribution < -0.4 is 15.4 Å². The molecule has 6 nitrogen and oxygen atoms in total. The standard InChI is InChI=1S/C12H13BrClN5O/c1-3-15-10-17-11(19-12(18-10)20-2)16-9-6-7(13)4-5-8(9)14/h4-6H,3H2,1-2H3,(H2,15,16,17,18,19). The lowest BCUT2D eigenvalue weighted by Gasteiger charge is -2.10. The van der Waals surface area contributed by atoms with Crippen molar-refractivity contribution in [3.8, 4) is 6.01 Å². The first-order chi connectivity index (χ1) is 9.62. The minimum Gasteiger partial charge on any atom is -0.467 e. The second kappa shape index (κ2) is 6.71. The summed E-state index contributed by atoms with van der Waals surface area (Å²) in [6, 6.07) is 5.69. The molecule has 1 aromatic heterocycles. The van der Waals surface area contributed by atoms with E-state index in [0.29, 0.717) is 29.2 Å². The van der Waals surface area contributed by atoms with E-state index in [1.165, 1.54) is 7.11 Å². The van der Waals surface area contributed by atoms with Gasteiger partial charge in [-0.1, -0.05) is 27.5 Å². The number of nitrogens with one attached hydrogen (secondary N) is 2. The number of hydrogen-bond acceptors (Lipinski definition) is 6. The molecule has 0 aliphatic rings. The molecule has 8 heteroatoms. The van der Waals surface area contributed by atoms with Gasteiger partial charge in [0.2, 0.25) is 11.9 Å². The average Bonchev–Trinajstić information content (AvgIpc) is 2.43. The van der Waals surface area contributed by atoms with Gasteiger partial charge in [0.1, 0.15) is 0 Å². The Morgan fingerprint density at radius 3 is 2.70 bits per heavy atom. The maximum absolute atomic E-state index is 6.12. The van der Waals surface area contributed by atoms with E-state index in [0.717, 1.165) is 4.47 Å². The van der Waals surface area contributed by atoms with Crippen LogP contribution in [-0.4, -0.2) is 28.6 Å². The summed E-state index contributed by atoms with van der Waals surface area (Å²) in [5.41, 5.74) is 0.691. The second-order valence-electron chi connectivity index (χ2n) is 3.75. The Morgan fingerprint density at radius 1 is 1.25 bits per heavy atom. The van der Waals surface area contributed by atoms with E-state index in [-0.39, 0.29) is 6.01 Å². The van der Waals surface area contributed by atoms with Gasteiger partial charge in [-0.3, -0.25) is 0 Å². The molecule has 0 radical (unpaired) electrons. The Labute approximate surface area is 130 Å². The van der Waals surface area contributed by atoms with Gasteiger partial charge in [0.05, 0.1) is 17.8 Å². The number of anilines is 3. The van der Waals surface area contributed by atoms with Crippen LogP contribution in [0.5, 0.6) is 6.01 Å². The van der Waals surface area contributed by atoms with E-state index in [9.17, 15) is 0 Å². The number of methoxy groups -OCH3 is 1. The van der Waals surface area contributed by atoms with E-state index >= 15 is 0 Å². The molecule has 0 saturated heterocycles. The second-order valence-corrected chi connectivity index (χ2v) is 5.07. The smallest absolute Gasteiger partial charge is 0.322 e. The lowest BCUT2D eigenvalue weighted by molar-refractivity contribution is 0.379. The molecule has 2 aromatic rings. The highest BCUT2D eigenvalue weighted by atomic mass is 79.9. The van der Waals surface area contributed by atoms with E-state index in [2.05, 4.69) is 41.5 Å². The van der Waals surface area contributed by atoms with Gasteiger partial charge in [0, 0.05) is 11.0 Å². The van der Waals surface area contributed by atoms with Crippen LogP contribution in [0, 0.1) is 0 Å². The predicted octanol–water partition coefficient (Wildman–Crippen LogP) is 3.47. The van der Waals surface area contributed by atoms with Gasteiger partial charge in [-0.15, -0.1) is 0 Å². The molecular formula is C12H13BrClN5O. The molecule has 1 heterocycles. The lowest BCUT2D eigenvalue weighted by Crippen LogP contribution is -2.08. The molecule has 0 aliphatic carbocycles. The Morgan fingerprint density at radius 2 is 2.00 bits per heavy atom. The summed E-state index contributed by atoms with van der Waals surface area (Å²) in [6.07, 6.45) is 0. The monoisotopic (exact) mass is 357 g/mol. The largest absolute Gasteiger partial charge is 0.467 e. The quantitative estimate of drug-likeness (QED) is 0.852. The number of hydrogen-bond donors (Lipinski definition) is 2. The first-order valence-electron chi connectivity index (χ1n) is 5.88.